The third kappa shape index (κ3) is 3.37. The summed E-state index contributed by atoms with van der Waals surface area (Å²) in [6, 6.07) is 8.89. The molecule has 0 fully saturated rings. The average Bonchev–Trinajstić information content (AvgIpc) is 3.35. The van der Waals surface area contributed by atoms with E-state index in [4.69, 9.17) is 6.57 Å². The van der Waals surface area contributed by atoms with Crippen LogP contribution in [0.25, 0.3) is 15.1 Å². The lowest BCUT2D eigenvalue weighted by atomic mass is 10.2. The van der Waals surface area contributed by atoms with Crippen LogP contribution in [0.1, 0.15) is 21.5 Å². The number of aromatic carboxylic acids is 1. The lowest BCUT2D eigenvalue weighted by Crippen LogP contribution is -2.22. The van der Waals surface area contributed by atoms with Crippen LogP contribution in [0, 0.1) is 6.57 Å². The van der Waals surface area contributed by atoms with Gasteiger partial charge in [0, 0.05) is 11.8 Å². The van der Waals surface area contributed by atoms with Crippen molar-refractivity contribution in [1.82, 2.24) is 14.3 Å². The molecule has 0 atom stereocenters. The van der Waals surface area contributed by atoms with E-state index in [1.54, 1.807) is 40.7 Å². The Labute approximate surface area is 168 Å². The maximum atomic E-state index is 12.6. The van der Waals surface area contributed by atoms with Crippen LogP contribution in [0.5, 0.6) is 5.75 Å². The summed E-state index contributed by atoms with van der Waals surface area (Å²) in [5.74, 6) is -2.11. The van der Waals surface area contributed by atoms with E-state index in [1.807, 2.05) is 12.1 Å². The average molecular weight is 406 g/mol. The van der Waals surface area contributed by atoms with Gasteiger partial charge >= 0.3 is 5.97 Å². The summed E-state index contributed by atoms with van der Waals surface area (Å²) >= 11 is 1.15. The number of aromatic nitrogens is 3. The smallest absolute Gasteiger partial charge is 0.341 e. The second-order valence-electron chi connectivity index (χ2n) is 6.38. The van der Waals surface area contributed by atoms with Crippen LogP contribution in [0.2, 0.25) is 0 Å². The van der Waals surface area contributed by atoms with Crippen LogP contribution >= 0.6 is 11.3 Å². The maximum absolute atomic E-state index is 12.6. The normalized spacial score (nSPS) is 10.9. The van der Waals surface area contributed by atoms with Gasteiger partial charge < -0.3 is 10.2 Å². The maximum Gasteiger partial charge on any atom is 0.341 e. The molecule has 0 unspecified atom stereocenters. The van der Waals surface area contributed by atoms with Gasteiger partial charge in [-0.3, -0.25) is 14.0 Å². The third-order valence-electron chi connectivity index (χ3n) is 4.47. The lowest BCUT2D eigenvalue weighted by Gasteiger charge is -2.09. The third-order valence-corrected chi connectivity index (χ3v) is 5.39. The van der Waals surface area contributed by atoms with Crippen LogP contribution in [-0.4, -0.2) is 30.5 Å². The number of carbonyl (C=O) groups is 1. The number of benzene rings is 1. The molecule has 9 heteroatoms. The quantitative estimate of drug-likeness (QED) is 0.495. The van der Waals surface area contributed by atoms with E-state index < -0.39 is 17.3 Å². The molecule has 4 rings (SSSR count). The van der Waals surface area contributed by atoms with E-state index in [1.165, 1.54) is 4.57 Å². The van der Waals surface area contributed by atoms with Gasteiger partial charge in [0.05, 0.1) is 36.1 Å². The second kappa shape index (κ2) is 7.26. The Hall–Kier alpha value is -3.90. The van der Waals surface area contributed by atoms with E-state index in [0.717, 1.165) is 22.5 Å². The van der Waals surface area contributed by atoms with Crippen molar-refractivity contribution in [2.24, 2.45) is 0 Å². The Balaban J connectivity index is 1.67. The molecule has 0 bridgehead atoms. The largest absolute Gasteiger partial charge is 0.502 e. The summed E-state index contributed by atoms with van der Waals surface area (Å²) in [6.45, 7) is 7.70. The minimum atomic E-state index is -1.34. The van der Waals surface area contributed by atoms with E-state index in [0.29, 0.717) is 22.4 Å². The first-order valence-electron chi connectivity index (χ1n) is 8.52. The van der Waals surface area contributed by atoms with Crippen molar-refractivity contribution >= 4 is 33.2 Å². The van der Waals surface area contributed by atoms with Gasteiger partial charge in [-0.15, -0.1) is 11.3 Å². The summed E-state index contributed by atoms with van der Waals surface area (Å²) in [5.41, 5.74) is 1.53. The zero-order chi connectivity index (χ0) is 20.5. The lowest BCUT2D eigenvalue weighted by molar-refractivity contribution is 0.0695. The van der Waals surface area contributed by atoms with Gasteiger partial charge in [0.25, 0.3) is 5.56 Å². The molecule has 2 N–H and O–H groups in total. The van der Waals surface area contributed by atoms with Crippen LogP contribution < -0.4 is 5.56 Å². The summed E-state index contributed by atoms with van der Waals surface area (Å²) in [7, 11) is 0. The number of nitrogens with zero attached hydrogens (tertiary/aromatic N) is 4. The molecule has 0 radical (unpaired) electrons. The zero-order valence-corrected chi connectivity index (χ0v) is 15.8. The molecule has 1 aromatic carbocycles. The van der Waals surface area contributed by atoms with Gasteiger partial charge in [0.15, 0.2) is 11.4 Å². The molecule has 144 valence electrons. The van der Waals surface area contributed by atoms with Crippen molar-refractivity contribution < 1.29 is 15.0 Å². The summed E-state index contributed by atoms with van der Waals surface area (Å²) in [5, 5.41) is 25.5. The Bertz CT molecular complexity index is 1340. The first-order chi connectivity index (χ1) is 14.0. The standard InChI is InChI=1S/C20H14N4O4S/c1-21-14-4-2-3-12(7-14)9-23-10-13(8-22-23)11-24-15-5-6-29-18(15)16(20(27)28)17(25)19(24)26/h2-8,10,25H,9,11H2,(H,27,28). The van der Waals surface area contributed by atoms with E-state index >= 15 is 0 Å². The van der Waals surface area contributed by atoms with Gasteiger partial charge in [-0.05, 0) is 17.0 Å². The number of hydrogen-bond donors (Lipinski definition) is 2. The van der Waals surface area contributed by atoms with Crippen molar-refractivity contribution in [1.29, 1.82) is 0 Å². The molecule has 0 amide bonds. The highest BCUT2D eigenvalue weighted by Crippen LogP contribution is 2.29. The molecule has 0 spiro atoms. The SMILES string of the molecule is [C-]#[N+]c1cccc(Cn2cc(Cn3c(=O)c(O)c(C(=O)O)c4sccc43)cn2)c1. The summed E-state index contributed by atoms with van der Waals surface area (Å²) in [6.07, 6.45) is 3.39. The number of carboxylic acids is 1. The first kappa shape index (κ1) is 18.5. The Morgan fingerprint density at radius 2 is 2.07 bits per heavy atom. The molecule has 3 heterocycles. The Morgan fingerprint density at radius 1 is 1.24 bits per heavy atom. The fraction of sp³-hybridized carbons (Fsp3) is 0.100. The predicted octanol–water partition coefficient (Wildman–Crippen LogP) is 3.31. The van der Waals surface area contributed by atoms with Crippen LogP contribution in [0.3, 0.4) is 0 Å². The van der Waals surface area contributed by atoms with Crippen molar-refractivity contribution in [3.8, 4) is 5.75 Å². The molecule has 0 saturated carbocycles. The number of hydrogen-bond acceptors (Lipinski definition) is 5. The van der Waals surface area contributed by atoms with Crippen LogP contribution in [0.15, 0.2) is 52.9 Å². The molecule has 0 aliphatic rings. The van der Waals surface area contributed by atoms with E-state index in [-0.39, 0.29) is 12.1 Å². The van der Waals surface area contributed by atoms with Gasteiger partial charge in [0.2, 0.25) is 0 Å². The van der Waals surface area contributed by atoms with Crippen molar-refractivity contribution in [3.05, 3.63) is 86.6 Å². The molecular formula is C20H14N4O4S. The highest BCUT2D eigenvalue weighted by molar-refractivity contribution is 7.17. The number of carboxylic acid groups (broad SMARTS) is 1. The summed E-state index contributed by atoms with van der Waals surface area (Å²) in [4.78, 5) is 27.4. The van der Waals surface area contributed by atoms with Crippen molar-refractivity contribution in [2.75, 3.05) is 0 Å². The molecule has 3 aromatic heterocycles. The number of pyridine rings is 1. The number of thiophene rings is 1. The minimum Gasteiger partial charge on any atom is -0.502 e. The van der Waals surface area contributed by atoms with E-state index in [9.17, 15) is 19.8 Å². The van der Waals surface area contributed by atoms with Gasteiger partial charge in [0.1, 0.15) is 5.56 Å². The molecular weight excluding hydrogens is 392 g/mol. The van der Waals surface area contributed by atoms with Gasteiger partial charge in [-0.2, -0.15) is 5.10 Å². The van der Waals surface area contributed by atoms with E-state index in [2.05, 4.69) is 9.94 Å². The van der Waals surface area contributed by atoms with Crippen LogP contribution in [0.4, 0.5) is 5.69 Å². The number of rotatable bonds is 5. The van der Waals surface area contributed by atoms with Crippen LogP contribution in [-0.2, 0) is 13.1 Å². The topological polar surface area (TPSA) is 102 Å². The fourth-order valence-electron chi connectivity index (χ4n) is 3.18. The van der Waals surface area contributed by atoms with Gasteiger partial charge in [-0.1, -0.05) is 24.3 Å². The Kier molecular flexibility index (Phi) is 4.62. The molecule has 4 aromatic rings. The molecule has 0 aliphatic heterocycles. The van der Waals surface area contributed by atoms with Crippen molar-refractivity contribution in [2.45, 2.75) is 13.1 Å². The first-order valence-corrected chi connectivity index (χ1v) is 9.40. The molecule has 0 aliphatic carbocycles. The fourth-order valence-corrected chi connectivity index (χ4v) is 4.11. The minimum absolute atomic E-state index is 0.140. The summed E-state index contributed by atoms with van der Waals surface area (Å²) < 4.78 is 3.38. The number of fused-ring (bicyclic) bond motifs is 1. The molecule has 8 nitrogen and oxygen atoms in total. The molecule has 0 saturated heterocycles. The highest BCUT2D eigenvalue weighted by atomic mass is 32.1. The van der Waals surface area contributed by atoms with Gasteiger partial charge in [-0.25, -0.2) is 9.64 Å². The number of aromatic hydroxyl groups is 1. The highest BCUT2D eigenvalue weighted by Gasteiger charge is 2.22. The predicted molar refractivity (Wildman–Crippen MR) is 108 cm³/mol. The van der Waals surface area contributed by atoms with Crippen molar-refractivity contribution in [3.63, 3.8) is 0 Å². The zero-order valence-electron chi connectivity index (χ0n) is 14.9. The Morgan fingerprint density at radius 3 is 2.83 bits per heavy atom. The molecule has 29 heavy (non-hydrogen) atoms. The monoisotopic (exact) mass is 406 g/mol. The second-order valence-corrected chi connectivity index (χ2v) is 7.30.